The van der Waals surface area contributed by atoms with E-state index in [0.717, 1.165) is 0 Å². The van der Waals surface area contributed by atoms with Crippen molar-refractivity contribution in [2.45, 2.75) is 6.92 Å². The summed E-state index contributed by atoms with van der Waals surface area (Å²) in [7, 11) is 0. The Balaban J connectivity index is 1.92. The highest BCUT2D eigenvalue weighted by atomic mass is 16.1. The second kappa shape index (κ2) is 6.52. The van der Waals surface area contributed by atoms with E-state index in [1.165, 1.54) is 4.40 Å². The Bertz CT molecular complexity index is 1400. The molecule has 7 heteroatoms. The molecule has 0 saturated carbocycles. The fraction of sp³-hybridized carbons (Fsp3) is 0.0476. The number of pyridine rings is 1. The molecule has 4 rings (SSSR count). The molecule has 0 aliphatic carbocycles. The lowest BCUT2D eigenvalue weighted by atomic mass is 10.1. The predicted molar refractivity (Wildman–Crippen MR) is 107 cm³/mol. The monoisotopic (exact) mass is 369 g/mol. The van der Waals surface area contributed by atoms with Gasteiger partial charge in [-0.15, -0.1) is 0 Å². The van der Waals surface area contributed by atoms with Crippen LogP contribution in [0.3, 0.4) is 0 Å². The fourth-order valence-electron chi connectivity index (χ4n) is 3.17. The first-order valence-corrected chi connectivity index (χ1v) is 8.51. The minimum atomic E-state index is -0.510. The Morgan fingerprint density at radius 2 is 1.93 bits per heavy atom. The minimum Gasteiger partial charge on any atom is -0.366 e. The third kappa shape index (κ3) is 2.64. The molecule has 0 aliphatic heterocycles. The van der Waals surface area contributed by atoms with Crippen molar-refractivity contribution in [3.63, 3.8) is 0 Å². The van der Waals surface area contributed by atoms with Crippen molar-refractivity contribution >= 4 is 34.5 Å². The smallest absolute Gasteiger partial charge is 0.265 e. The molecule has 0 aliphatic rings. The maximum atomic E-state index is 13.1. The van der Waals surface area contributed by atoms with Crippen LogP contribution in [-0.4, -0.2) is 15.3 Å². The normalized spacial score (nSPS) is 11.6. The highest BCUT2D eigenvalue weighted by Gasteiger charge is 2.15. The molecule has 2 aromatic carbocycles. The zero-order valence-corrected chi connectivity index (χ0v) is 14.9. The third-order valence-corrected chi connectivity index (χ3v) is 4.66. The Morgan fingerprint density at radius 1 is 1.21 bits per heavy atom. The molecule has 3 N–H and O–H groups in total. The number of nitrogens with zero attached hydrogens (tertiary/aromatic N) is 3. The van der Waals surface area contributed by atoms with Crippen molar-refractivity contribution in [3.05, 3.63) is 80.8 Å². The van der Waals surface area contributed by atoms with Crippen molar-refractivity contribution in [1.29, 1.82) is 5.26 Å². The number of benzene rings is 2. The van der Waals surface area contributed by atoms with Crippen LogP contribution in [0, 0.1) is 18.3 Å². The first-order valence-electron chi connectivity index (χ1n) is 8.51. The highest BCUT2D eigenvalue weighted by Crippen LogP contribution is 2.17. The van der Waals surface area contributed by atoms with Crippen LogP contribution in [0.2, 0.25) is 0 Å². The molecule has 0 bridgehead atoms. The molecule has 136 valence electrons. The lowest BCUT2D eigenvalue weighted by Crippen LogP contribution is -2.34. The molecule has 0 radical (unpaired) electrons. The Morgan fingerprint density at radius 3 is 2.61 bits per heavy atom. The summed E-state index contributed by atoms with van der Waals surface area (Å²) in [5.41, 5.74) is 8.62. The van der Waals surface area contributed by atoms with E-state index in [2.05, 4.69) is 16.4 Å². The average molecular weight is 369 g/mol. The summed E-state index contributed by atoms with van der Waals surface area (Å²) in [4.78, 5) is 28.8. The van der Waals surface area contributed by atoms with Gasteiger partial charge in [-0.05, 0) is 48.9 Å². The Hall–Kier alpha value is -4.18. The molecule has 7 nitrogen and oxygen atoms in total. The zero-order chi connectivity index (χ0) is 19.8. The maximum absolute atomic E-state index is 13.1. The molecular weight excluding hydrogens is 354 g/mol. The van der Waals surface area contributed by atoms with Crippen LogP contribution in [0.1, 0.15) is 21.5 Å². The number of nitrogens with two attached hydrogens (primary N) is 1. The molecule has 28 heavy (non-hydrogen) atoms. The lowest BCUT2D eigenvalue weighted by molar-refractivity contribution is 0.100. The molecule has 0 unspecified atom stereocenters. The zero-order valence-electron chi connectivity index (χ0n) is 14.9. The van der Waals surface area contributed by atoms with Gasteiger partial charge in [0.25, 0.3) is 5.56 Å². The van der Waals surface area contributed by atoms with E-state index in [1.807, 2.05) is 12.1 Å². The number of nitriles is 1. The molecule has 2 heterocycles. The van der Waals surface area contributed by atoms with Crippen molar-refractivity contribution in [2.75, 3.05) is 5.32 Å². The summed E-state index contributed by atoms with van der Waals surface area (Å²) >= 11 is 0. The molecule has 2 aromatic heterocycles. The second-order valence-electron chi connectivity index (χ2n) is 6.32. The van der Waals surface area contributed by atoms with E-state index in [0.29, 0.717) is 44.3 Å². The minimum absolute atomic E-state index is 0.263. The SMILES string of the molecule is Cc1c(C#N)c2nc3ccccc3n2c(=O)/c1=C/Nc1ccc(C(N)=O)cc1. The van der Waals surface area contributed by atoms with Gasteiger partial charge in [-0.25, -0.2) is 4.98 Å². The number of nitrogens with one attached hydrogen (secondary N) is 1. The van der Waals surface area contributed by atoms with Gasteiger partial charge in [0.15, 0.2) is 5.65 Å². The van der Waals surface area contributed by atoms with Crippen molar-refractivity contribution in [3.8, 4) is 6.07 Å². The number of imidazole rings is 1. The quantitative estimate of drug-likeness (QED) is 0.571. The Kier molecular flexibility index (Phi) is 4.02. The van der Waals surface area contributed by atoms with Crippen molar-refractivity contribution < 1.29 is 4.79 Å². The molecule has 1 amide bonds. The predicted octanol–water partition coefficient (Wildman–Crippen LogP) is 1.70. The largest absolute Gasteiger partial charge is 0.366 e. The van der Waals surface area contributed by atoms with Crippen LogP contribution in [0.15, 0.2) is 53.3 Å². The van der Waals surface area contributed by atoms with Gasteiger partial charge in [0, 0.05) is 17.5 Å². The summed E-state index contributed by atoms with van der Waals surface area (Å²) < 4.78 is 1.46. The fourth-order valence-corrected chi connectivity index (χ4v) is 3.17. The van der Waals surface area contributed by atoms with Gasteiger partial charge in [0.1, 0.15) is 6.07 Å². The maximum Gasteiger partial charge on any atom is 0.265 e. The van der Waals surface area contributed by atoms with E-state index in [9.17, 15) is 14.9 Å². The third-order valence-electron chi connectivity index (χ3n) is 4.66. The number of amides is 1. The first kappa shape index (κ1) is 17.2. The lowest BCUT2D eigenvalue weighted by Gasteiger charge is -2.05. The summed E-state index contributed by atoms with van der Waals surface area (Å²) in [6.07, 6.45) is 1.56. The number of fused-ring (bicyclic) bond motifs is 3. The second-order valence-corrected chi connectivity index (χ2v) is 6.32. The Labute approximate surface area is 159 Å². The summed E-state index contributed by atoms with van der Waals surface area (Å²) in [6.45, 7) is 1.73. The van der Waals surface area contributed by atoms with Crippen LogP contribution in [0.5, 0.6) is 0 Å². The van der Waals surface area contributed by atoms with Crippen LogP contribution in [-0.2, 0) is 0 Å². The van der Waals surface area contributed by atoms with E-state index in [-0.39, 0.29) is 5.56 Å². The topological polar surface area (TPSA) is 113 Å². The standard InChI is InChI=1S/C21H15N5O2/c1-12-15(10-22)20-25-17-4-2-3-5-18(17)26(20)21(28)16(12)11-24-14-8-6-13(7-9-14)19(23)27/h2-9,11,24H,1H3,(H2,23,27)/b16-11+. The van der Waals surface area contributed by atoms with Crippen LogP contribution in [0.25, 0.3) is 22.9 Å². The van der Waals surface area contributed by atoms with Gasteiger partial charge in [0.2, 0.25) is 5.91 Å². The van der Waals surface area contributed by atoms with Gasteiger partial charge >= 0.3 is 0 Å². The van der Waals surface area contributed by atoms with Crippen LogP contribution < -0.4 is 21.8 Å². The van der Waals surface area contributed by atoms with Crippen LogP contribution in [0.4, 0.5) is 5.69 Å². The number of hydrogen-bond acceptors (Lipinski definition) is 5. The van der Waals surface area contributed by atoms with Crippen molar-refractivity contribution in [1.82, 2.24) is 9.38 Å². The molecule has 0 spiro atoms. The molecule has 0 fully saturated rings. The summed E-state index contributed by atoms with van der Waals surface area (Å²) in [6, 6.07) is 16.0. The van der Waals surface area contributed by atoms with E-state index < -0.39 is 5.91 Å². The molecule has 0 atom stereocenters. The number of anilines is 1. The number of aromatic nitrogens is 2. The molecule has 4 aromatic rings. The van der Waals surface area contributed by atoms with Gasteiger partial charge in [0.05, 0.1) is 21.8 Å². The number of primary amides is 1. The van der Waals surface area contributed by atoms with E-state index >= 15 is 0 Å². The van der Waals surface area contributed by atoms with Crippen molar-refractivity contribution in [2.24, 2.45) is 5.73 Å². The number of para-hydroxylation sites is 2. The highest BCUT2D eigenvalue weighted by molar-refractivity contribution is 5.93. The van der Waals surface area contributed by atoms with Crippen LogP contribution >= 0.6 is 0 Å². The number of carbonyl (C=O) groups excluding carboxylic acids is 1. The number of rotatable bonds is 3. The summed E-state index contributed by atoms with van der Waals surface area (Å²) in [5.74, 6) is -0.510. The number of carbonyl (C=O) groups is 1. The van der Waals surface area contributed by atoms with Gasteiger partial charge < -0.3 is 11.1 Å². The van der Waals surface area contributed by atoms with E-state index in [4.69, 9.17) is 5.73 Å². The van der Waals surface area contributed by atoms with E-state index in [1.54, 1.807) is 49.5 Å². The first-order chi connectivity index (χ1) is 13.5. The van der Waals surface area contributed by atoms with Gasteiger partial charge in [-0.3, -0.25) is 14.0 Å². The summed E-state index contributed by atoms with van der Waals surface area (Å²) in [5, 5.41) is 13.1. The molecule has 0 saturated heterocycles. The number of hydrogen-bond donors (Lipinski definition) is 2. The average Bonchev–Trinajstić information content (AvgIpc) is 3.08. The molecular formula is C21H15N5O2. The van der Waals surface area contributed by atoms with Gasteiger partial charge in [-0.1, -0.05) is 12.1 Å². The van der Waals surface area contributed by atoms with Gasteiger partial charge in [-0.2, -0.15) is 5.26 Å².